The number of aliphatic imine (C=N–C) groups is 1. The zero-order valence-corrected chi connectivity index (χ0v) is 19.3. The fourth-order valence-corrected chi connectivity index (χ4v) is 3.87. The van der Waals surface area contributed by atoms with Gasteiger partial charge < -0.3 is 29.7 Å². The molecule has 2 aromatic rings. The number of guanidine groups is 1. The normalized spacial score (nSPS) is 16.2. The monoisotopic (exact) mass is 446 g/mol. The predicted molar refractivity (Wildman–Crippen MR) is 126 cm³/mol. The summed E-state index contributed by atoms with van der Waals surface area (Å²) in [5.41, 5.74) is 2.15. The van der Waals surface area contributed by atoms with Gasteiger partial charge in [-0.25, -0.2) is 0 Å². The van der Waals surface area contributed by atoms with E-state index in [-0.39, 0.29) is 0 Å². The van der Waals surface area contributed by atoms with Gasteiger partial charge in [0.1, 0.15) is 0 Å². The number of anilines is 1. The summed E-state index contributed by atoms with van der Waals surface area (Å²) in [5.74, 6) is 2.67. The first-order valence-corrected chi connectivity index (χ1v) is 10.8. The van der Waals surface area contributed by atoms with Crippen molar-refractivity contribution in [1.82, 2.24) is 10.6 Å². The highest BCUT2D eigenvalue weighted by atomic mass is 35.5. The minimum atomic E-state index is 0.301. The van der Waals surface area contributed by atoms with Crippen LogP contribution in [0.5, 0.6) is 17.2 Å². The molecule has 168 valence electrons. The Balaban J connectivity index is 1.60. The van der Waals surface area contributed by atoms with Gasteiger partial charge in [0.05, 0.1) is 20.8 Å². The van der Waals surface area contributed by atoms with Crippen LogP contribution < -0.4 is 29.7 Å². The van der Waals surface area contributed by atoms with Crippen molar-refractivity contribution >= 4 is 23.2 Å². The van der Waals surface area contributed by atoms with Crippen molar-refractivity contribution < 1.29 is 14.2 Å². The van der Waals surface area contributed by atoms with E-state index in [1.807, 2.05) is 37.3 Å². The van der Waals surface area contributed by atoms with E-state index >= 15 is 0 Å². The first-order chi connectivity index (χ1) is 15.1. The van der Waals surface area contributed by atoms with Gasteiger partial charge in [0.2, 0.25) is 5.75 Å². The smallest absolute Gasteiger partial charge is 0.203 e. The molecule has 0 aliphatic carbocycles. The summed E-state index contributed by atoms with van der Waals surface area (Å²) < 4.78 is 16.7. The standard InChI is InChI=1S/C23H31ClN4O3/c1-5-31-22-20(29-3)11-16(12-21(22)30-4)14-26-23(25-2)27-18-9-10-28(15-18)19-8-6-7-17(24)13-19/h6-8,11-13,18H,5,9-10,14-15H2,1-4H3,(H2,25,26,27). The minimum absolute atomic E-state index is 0.301. The predicted octanol–water partition coefficient (Wildman–Crippen LogP) is 3.70. The molecule has 1 saturated heterocycles. The molecule has 7 nitrogen and oxygen atoms in total. The maximum Gasteiger partial charge on any atom is 0.203 e. The Morgan fingerprint density at radius 2 is 1.94 bits per heavy atom. The number of benzene rings is 2. The Morgan fingerprint density at radius 3 is 2.55 bits per heavy atom. The Hall–Kier alpha value is -2.80. The van der Waals surface area contributed by atoms with Gasteiger partial charge >= 0.3 is 0 Å². The van der Waals surface area contributed by atoms with E-state index in [0.717, 1.165) is 41.7 Å². The number of ether oxygens (including phenoxy) is 3. The molecular weight excluding hydrogens is 416 g/mol. The van der Waals surface area contributed by atoms with Gasteiger partial charge in [-0.3, -0.25) is 4.99 Å². The molecule has 0 bridgehead atoms. The van der Waals surface area contributed by atoms with Crippen molar-refractivity contribution in [2.45, 2.75) is 25.9 Å². The molecule has 0 aromatic heterocycles. The number of halogens is 1. The van der Waals surface area contributed by atoms with Crippen molar-refractivity contribution in [3.8, 4) is 17.2 Å². The van der Waals surface area contributed by atoms with Gasteiger partial charge in [0, 0.05) is 43.4 Å². The highest BCUT2D eigenvalue weighted by Crippen LogP contribution is 2.38. The molecule has 3 rings (SSSR count). The average Bonchev–Trinajstić information content (AvgIpc) is 3.25. The fraction of sp³-hybridized carbons (Fsp3) is 0.435. The first-order valence-electron chi connectivity index (χ1n) is 10.4. The van der Waals surface area contributed by atoms with Crippen LogP contribution in [0.15, 0.2) is 41.4 Å². The van der Waals surface area contributed by atoms with E-state index in [2.05, 4.69) is 26.6 Å². The van der Waals surface area contributed by atoms with E-state index in [9.17, 15) is 0 Å². The molecule has 0 spiro atoms. The molecule has 2 N–H and O–H groups in total. The number of methoxy groups -OCH3 is 2. The Labute approximate surface area is 189 Å². The van der Waals surface area contributed by atoms with E-state index < -0.39 is 0 Å². The maximum absolute atomic E-state index is 6.14. The van der Waals surface area contributed by atoms with Gasteiger partial charge in [-0.1, -0.05) is 17.7 Å². The summed E-state index contributed by atoms with van der Waals surface area (Å²) in [6.07, 6.45) is 1.03. The fourth-order valence-electron chi connectivity index (χ4n) is 3.68. The van der Waals surface area contributed by atoms with Gasteiger partial charge in [-0.05, 0) is 49.2 Å². The molecule has 1 unspecified atom stereocenters. The van der Waals surface area contributed by atoms with Crippen molar-refractivity contribution in [2.24, 2.45) is 4.99 Å². The number of nitrogens with zero attached hydrogens (tertiary/aromatic N) is 2. The minimum Gasteiger partial charge on any atom is -0.493 e. The number of hydrogen-bond acceptors (Lipinski definition) is 5. The third-order valence-electron chi connectivity index (χ3n) is 5.20. The van der Waals surface area contributed by atoms with E-state index in [1.165, 1.54) is 0 Å². The quantitative estimate of drug-likeness (QED) is 0.476. The molecule has 1 heterocycles. The van der Waals surface area contributed by atoms with Crippen LogP contribution in [-0.4, -0.2) is 53.0 Å². The van der Waals surface area contributed by atoms with E-state index in [1.54, 1.807) is 21.3 Å². The summed E-state index contributed by atoms with van der Waals surface area (Å²) in [6, 6.07) is 12.2. The molecule has 1 atom stereocenters. The largest absolute Gasteiger partial charge is 0.493 e. The Morgan fingerprint density at radius 1 is 1.19 bits per heavy atom. The number of nitrogens with one attached hydrogen (secondary N) is 2. The number of rotatable bonds is 8. The van der Waals surface area contributed by atoms with Crippen LogP contribution in [0.2, 0.25) is 5.02 Å². The molecule has 0 radical (unpaired) electrons. The third-order valence-corrected chi connectivity index (χ3v) is 5.43. The van der Waals surface area contributed by atoms with Gasteiger partial charge in [-0.15, -0.1) is 0 Å². The summed E-state index contributed by atoms with van der Waals surface area (Å²) in [4.78, 5) is 6.71. The first kappa shape index (κ1) is 22.9. The van der Waals surface area contributed by atoms with Gasteiger partial charge in [-0.2, -0.15) is 0 Å². The van der Waals surface area contributed by atoms with E-state index in [4.69, 9.17) is 25.8 Å². The maximum atomic E-state index is 6.14. The molecule has 8 heteroatoms. The van der Waals surface area contributed by atoms with Gasteiger partial charge in [0.15, 0.2) is 17.5 Å². The van der Waals surface area contributed by atoms with E-state index in [0.29, 0.717) is 36.4 Å². The lowest BCUT2D eigenvalue weighted by Crippen LogP contribution is -2.44. The lowest BCUT2D eigenvalue weighted by molar-refractivity contribution is 0.288. The zero-order chi connectivity index (χ0) is 22.2. The summed E-state index contributed by atoms with van der Waals surface area (Å²) in [5, 5.41) is 7.65. The van der Waals surface area contributed by atoms with Crippen LogP contribution >= 0.6 is 11.6 Å². The summed E-state index contributed by atoms with van der Waals surface area (Å²) >= 11 is 6.14. The molecule has 1 fully saturated rings. The van der Waals surface area contributed by atoms with Crippen LogP contribution in [0.25, 0.3) is 0 Å². The number of hydrogen-bond donors (Lipinski definition) is 2. The highest BCUT2D eigenvalue weighted by Gasteiger charge is 2.23. The lowest BCUT2D eigenvalue weighted by atomic mass is 10.1. The van der Waals surface area contributed by atoms with Crippen LogP contribution in [0.3, 0.4) is 0 Å². The molecule has 1 aliphatic rings. The van der Waals surface area contributed by atoms with Crippen molar-refractivity contribution in [3.63, 3.8) is 0 Å². The molecule has 0 amide bonds. The van der Waals surface area contributed by atoms with Crippen LogP contribution in [0, 0.1) is 0 Å². The SMILES string of the molecule is CCOc1c(OC)cc(CNC(=NC)NC2CCN(c3cccc(Cl)c3)C2)cc1OC. The van der Waals surface area contributed by atoms with Crippen molar-refractivity contribution in [2.75, 3.05) is 45.9 Å². The highest BCUT2D eigenvalue weighted by molar-refractivity contribution is 6.30. The average molecular weight is 447 g/mol. The second-order valence-corrected chi connectivity index (χ2v) is 7.68. The molecule has 31 heavy (non-hydrogen) atoms. The topological polar surface area (TPSA) is 67.4 Å². The molecule has 2 aromatic carbocycles. The zero-order valence-electron chi connectivity index (χ0n) is 18.6. The molecule has 1 aliphatic heterocycles. The van der Waals surface area contributed by atoms with Crippen molar-refractivity contribution in [1.29, 1.82) is 0 Å². The summed E-state index contributed by atoms with van der Waals surface area (Å²) in [6.45, 7) is 4.91. The third kappa shape index (κ3) is 5.88. The van der Waals surface area contributed by atoms with Crippen LogP contribution in [0.1, 0.15) is 18.9 Å². The molecular formula is C23H31ClN4O3. The molecule has 0 saturated carbocycles. The van der Waals surface area contributed by atoms with Crippen LogP contribution in [0.4, 0.5) is 5.69 Å². The second kappa shape index (κ2) is 11.0. The lowest BCUT2D eigenvalue weighted by Gasteiger charge is -2.21. The van der Waals surface area contributed by atoms with Gasteiger partial charge in [0.25, 0.3) is 0 Å². The Kier molecular flexibility index (Phi) is 8.12. The van der Waals surface area contributed by atoms with Crippen LogP contribution in [-0.2, 0) is 6.54 Å². The second-order valence-electron chi connectivity index (χ2n) is 7.24. The Bertz CT molecular complexity index is 881. The summed E-state index contributed by atoms with van der Waals surface area (Å²) in [7, 11) is 5.03. The van der Waals surface area contributed by atoms with Crippen molar-refractivity contribution in [3.05, 3.63) is 47.0 Å².